The van der Waals surface area contributed by atoms with Gasteiger partial charge >= 0.3 is 0 Å². The van der Waals surface area contributed by atoms with Gasteiger partial charge in [-0.3, -0.25) is 0 Å². The Kier molecular flexibility index (Phi) is 5.01. The van der Waals surface area contributed by atoms with Crippen LogP contribution >= 0.6 is 0 Å². The van der Waals surface area contributed by atoms with Gasteiger partial charge in [-0.2, -0.15) is 4.31 Å². The summed E-state index contributed by atoms with van der Waals surface area (Å²) in [4.78, 5) is -0.464. The van der Waals surface area contributed by atoms with Crippen molar-refractivity contribution in [1.29, 1.82) is 0 Å². The summed E-state index contributed by atoms with van der Waals surface area (Å²) >= 11 is 0. The zero-order valence-electron chi connectivity index (χ0n) is 13.5. The number of methoxy groups -OCH3 is 1. The third kappa shape index (κ3) is 3.73. The predicted molar refractivity (Wildman–Crippen MR) is 88.1 cm³/mol. The van der Waals surface area contributed by atoms with Crippen molar-refractivity contribution in [2.75, 3.05) is 31.9 Å². The van der Waals surface area contributed by atoms with Crippen molar-refractivity contribution in [2.45, 2.75) is 22.3 Å². The molecule has 2 rings (SSSR count). The first-order valence-corrected chi connectivity index (χ1v) is 12.1. The van der Waals surface area contributed by atoms with E-state index in [0.29, 0.717) is 0 Å². The van der Waals surface area contributed by atoms with Gasteiger partial charge < -0.3 is 4.74 Å². The van der Waals surface area contributed by atoms with Crippen LogP contribution in [0.25, 0.3) is 0 Å². The molecule has 1 atom stereocenters. The van der Waals surface area contributed by atoms with Gasteiger partial charge in [-0.25, -0.2) is 25.3 Å². The first kappa shape index (κ1) is 19.2. The van der Waals surface area contributed by atoms with Crippen LogP contribution in [0.4, 0.5) is 0 Å². The van der Waals surface area contributed by atoms with E-state index in [1.54, 1.807) is 0 Å². The van der Waals surface area contributed by atoms with Crippen molar-refractivity contribution in [2.24, 2.45) is 0 Å². The van der Waals surface area contributed by atoms with Crippen LogP contribution in [0, 0.1) is 0 Å². The molecule has 24 heavy (non-hydrogen) atoms. The second-order valence-corrected chi connectivity index (χ2v) is 11.9. The average Bonchev–Trinajstić information content (AvgIpc) is 2.84. The fourth-order valence-corrected chi connectivity index (χ4v) is 6.66. The number of ether oxygens (including phenoxy) is 1. The molecule has 1 aliphatic heterocycles. The molecular weight excluding hydrogens is 378 g/mol. The molecule has 8 nitrogen and oxygen atoms in total. The van der Waals surface area contributed by atoms with Gasteiger partial charge in [0, 0.05) is 19.3 Å². The van der Waals surface area contributed by atoms with Gasteiger partial charge in [0.2, 0.25) is 10.0 Å². The topological polar surface area (TPSA) is 115 Å². The molecule has 1 fully saturated rings. The first-order chi connectivity index (χ1) is 10.9. The summed E-state index contributed by atoms with van der Waals surface area (Å²) in [5, 5.41) is 0. The highest BCUT2D eigenvalue weighted by molar-refractivity contribution is 7.92. The van der Waals surface area contributed by atoms with E-state index in [-0.39, 0.29) is 33.5 Å². The van der Waals surface area contributed by atoms with Crippen LogP contribution in [0.3, 0.4) is 0 Å². The van der Waals surface area contributed by atoms with E-state index in [9.17, 15) is 25.3 Å². The van der Waals surface area contributed by atoms with Crippen LogP contribution in [0.15, 0.2) is 28.0 Å². The molecule has 1 unspecified atom stereocenters. The van der Waals surface area contributed by atoms with Crippen LogP contribution < -0.4 is 4.74 Å². The molecule has 1 aromatic carbocycles. The van der Waals surface area contributed by atoms with Crippen molar-refractivity contribution in [1.82, 2.24) is 4.31 Å². The van der Waals surface area contributed by atoms with Crippen molar-refractivity contribution in [3.8, 4) is 5.75 Å². The zero-order chi connectivity index (χ0) is 18.3. The maximum atomic E-state index is 12.8. The minimum atomic E-state index is -4.12. The highest BCUT2D eigenvalue weighted by atomic mass is 32.2. The van der Waals surface area contributed by atoms with Gasteiger partial charge in [-0.05, 0) is 24.6 Å². The summed E-state index contributed by atoms with van der Waals surface area (Å²) < 4.78 is 78.3. The Balaban J connectivity index is 2.52. The summed E-state index contributed by atoms with van der Waals surface area (Å²) in [6.45, 7) is 0. The van der Waals surface area contributed by atoms with Crippen molar-refractivity contribution >= 4 is 29.7 Å². The average molecular weight is 397 g/mol. The monoisotopic (exact) mass is 397 g/mol. The van der Waals surface area contributed by atoms with Crippen LogP contribution in [0.1, 0.15) is 6.42 Å². The lowest BCUT2D eigenvalue weighted by Crippen LogP contribution is -2.38. The number of benzene rings is 1. The first-order valence-electron chi connectivity index (χ1n) is 6.95. The Labute approximate surface area is 142 Å². The van der Waals surface area contributed by atoms with Crippen LogP contribution in [0.2, 0.25) is 0 Å². The maximum Gasteiger partial charge on any atom is 0.246 e. The molecule has 136 valence electrons. The molecule has 0 amide bonds. The van der Waals surface area contributed by atoms with Gasteiger partial charge in [-0.1, -0.05) is 0 Å². The van der Waals surface area contributed by atoms with E-state index in [2.05, 4.69) is 0 Å². The number of sulfonamides is 1. The minimum absolute atomic E-state index is 0.00453. The van der Waals surface area contributed by atoms with E-state index in [1.165, 1.54) is 26.3 Å². The van der Waals surface area contributed by atoms with Crippen molar-refractivity contribution < 1.29 is 30.0 Å². The summed E-state index contributed by atoms with van der Waals surface area (Å²) in [6.07, 6.45) is 1.17. The van der Waals surface area contributed by atoms with Crippen LogP contribution in [-0.4, -0.2) is 67.5 Å². The van der Waals surface area contributed by atoms with Crippen molar-refractivity contribution in [3.05, 3.63) is 18.2 Å². The molecule has 0 aromatic heterocycles. The molecule has 1 aromatic rings. The maximum absolute atomic E-state index is 12.8. The summed E-state index contributed by atoms with van der Waals surface area (Å²) in [5.74, 6) is -0.329. The molecular formula is C13H19NO7S3. The third-order valence-electron chi connectivity index (χ3n) is 3.94. The molecule has 1 heterocycles. The quantitative estimate of drug-likeness (QED) is 0.682. The Hall–Kier alpha value is -1.17. The normalized spacial score (nSPS) is 21.1. The summed E-state index contributed by atoms with van der Waals surface area (Å²) in [6, 6.07) is 2.87. The largest absolute Gasteiger partial charge is 0.495 e. The molecule has 0 saturated carbocycles. The second kappa shape index (κ2) is 6.28. The standard InChI is InChI=1S/C13H19NO7S3/c1-14(10-6-7-23(17,18)9-10)24(19,20)13-8-11(22(3,15)16)4-5-12(13)21-2/h4-5,8,10H,6-7,9H2,1-3H3. The molecule has 0 aliphatic carbocycles. The highest BCUT2D eigenvalue weighted by Crippen LogP contribution is 2.31. The summed E-state index contributed by atoms with van der Waals surface area (Å²) in [7, 11) is -8.43. The third-order valence-corrected chi connectivity index (χ3v) is 8.73. The number of sulfone groups is 2. The van der Waals surface area contributed by atoms with E-state index in [4.69, 9.17) is 4.74 Å². The summed E-state index contributed by atoms with van der Waals surface area (Å²) in [5.41, 5.74) is 0. The SMILES string of the molecule is COc1ccc(S(C)(=O)=O)cc1S(=O)(=O)N(C)C1CCS(=O)(=O)C1. The smallest absolute Gasteiger partial charge is 0.246 e. The minimum Gasteiger partial charge on any atom is -0.495 e. The van der Waals surface area contributed by atoms with E-state index in [0.717, 1.165) is 16.6 Å². The zero-order valence-corrected chi connectivity index (χ0v) is 15.9. The molecule has 0 bridgehead atoms. The number of nitrogens with zero attached hydrogens (tertiary/aromatic N) is 1. The fourth-order valence-electron chi connectivity index (χ4n) is 2.50. The van der Waals surface area contributed by atoms with Crippen LogP contribution in [0.5, 0.6) is 5.75 Å². The Bertz CT molecular complexity index is 949. The number of hydrogen-bond donors (Lipinski definition) is 0. The lowest BCUT2D eigenvalue weighted by molar-refractivity contribution is 0.379. The van der Waals surface area contributed by atoms with E-state index >= 15 is 0 Å². The molecule has 0 radical (unpaired) electrons. The predicted octanol–water partition coefficient (Wildman–Crippen LogP) is -0.0937. The molecule has 0 spiro atoms. The lowest BCUT2D eigenvalue weighted by atomic mass is 10.3. The lowest BCUT2D eigenvalue weighted by Gasteiger charge is -2.24. The highest BCUT2D eigenvalue weighted by Gasteiger charge is 2.37. The number of hydrogen-bond acceptors (Lipinski definition) is 7. The Morgan fingerprint density at radius 2 is 1.83 bits per heavy atom. The fraction of sp³-hybridized carbons (Fsp3) is 0.538. The van der Waals surface area contributed by atoms with Gasteiger partial charge in [0.25, 0.3) is 0 Å². The molecule has 1 aliphatic rings. The molecule has 1 saturated heterocycles. The van der Waals surface area contributed by atoms with Gasteiger partial charge in [0.1, 0.15) is 10.6 Å². The van der Waals surface area contributed by atoms with Gasteiger partial charge in [0.15, 0.2) is 19.7 Å². The van der Waals surface area contributed by atoms with E-state index in [1.807, 2.05) is 0 Å². The Morgan fingerprint density at radius 3 is 2.29 bits per heavy atom. The second-order valence-electron chi connectivity index (χ2n) is 5.66. The van der Waals surface area contributed by atoms with Gasteiger partial charge in [0.05, 0.1) is 23.5 Å². The Morgan fingerprint density at radius 1 is 1.21 bits per heavy atom. The van der Waals surface area contributed by atoms with E-state index < -0.39 is 35.7 Å². The molecule has 11 heteroatoms. The van der Waals surface area contributed by atoms with Crippen molar-refractivity contribution in [3.63, 3.8) is 0 Å². The number of rotatable bonds is 5. The van der Waals surface area contributed by atoms with Gasteiger partial charge in [-0.15, -0.1) is 0 Å². The molecule has 0 N–H and O–H groups in total. The van der Waals surface area contributed by atoms with Crippen LogP contribution in [-0.2, 0) is 29.7 Å².